The number of nitrogens with zero attached hydrogens (tertiary/aromatic N) is 1. The highest BCUT2D eigenvalue weighted by atomic mass is 16.5. The molecule has 2 aromatic carbocycles. The van der Waals surface area contributed by atoms with E-state index in [2.05, 4.69) is 61.9 Å². The van der Waals surface area contributed by atoms with Gasteiger partial charge in [-0.1, -0.05) is 29.3 Å². The second kappa shape index (κ2) is 5.65. The van der Waals surface area contributed by atoms with Crippen LogP contribution < -0.4 is 4.74 Å². The van der Waals surface area contributed by atoms with Crippen molar-refractivity contribution in [2.75, 3.05) is 0 Å². The van der Waals surface area contributed by atoms with Crippen molar-refractivity contribution >= 4 is 10.9 Å². The van der Waals surface area contributed by atoms with Crippen molar-refractivity contribution < 1.29 is 4.74 Å². The van der Waals surface area contributed by atoms with Crippen LogP contribution in [0.15, 0.2) is 48.7 Å². The molecule has 2 heteroatoms. The van der Waals surface area contributed by atoms with Gasteiger partial charge in [0, 0.05) is 29.2 Å². The molecule has 0 atom stereocenters. The van der Waals surface area contributed by atoms with E-state index in [4.69, 9.17) is 4.74 Å². The first kappa shape index (κ1) is 13.7. The van der Waals surface area contributed by atoms with Gasteiger partial charge in [0.2, 0.25) is 0 Å². The van der Waals surface area contributed by atoms with E-state index in [1.807, 2.05) is 12.1 Å². The molecule has 0 aliphatic rings. The Hall–Kier alpha value is -2.22. The van der Waals surface area contributed by atoms with Crippen molar-refractivity contribution in [2.24, 2.45) is 0 Å². The van der Waals surface area contributed by atoms with E-state index in [-0.39, 0.29) is 0 Å². The van der Waals surface area contributed by atoms with Crippen LogP contribution in [0.2, 0.25) is 0 Å². The van der Waals surface area contributed by atoms with Crippen LogP contribution in [0.4, 0.5) is 0 Å². The maximum atomic E-state index is 5.94. The minimum absolute atomic E-state index is 0.607. The molecule has 0 bridgehead atoms. The van der Waals surface area contributed by atoms with Gasteiger partial charge in [-0.3, -0.25) is 0 Å². The monoisotopic (exact) mass is 279 g/mol. The van der Waals surface area contributed by atoms with Gasteiger partial charge in [-0.05, 0) is 45.0 Å². The van der Waals surface area contributed by atoms with Gasteiger partial charge in [-0.2, -0.15) is 0 Å². The van der Waals surface area contributed by atoms with Crippen LogP contribution in [0.1, 0.15) is 23.6 Å². The van der Waals surface area contributed by atoms with E-state index in [1.165, 1.54) is 27.6 Å². The molecule has 0 unspecified atom stereocenters. The molecule has 1 heterocycles. The number of benzene rings is 2. The van der Waals surface area contributed by atoms with Gasteiger partial charge >= 0.3 is 0 Å². The molecule has 3 rings (SSSR count). The average molecular weight is 279 g/mol. The molecule has 0 N–H and O–H groups in total. The van der Waals surface area contributed by atoms with E-state index in [0.29, 0.717) is 6.61 Å². The molecule has 0 aliphatic carbocycles. The number of ether oxygens (including phenoxy) is 1. The van der Waals surface area contributed by atoms with E-state index >= 15 is 0 Å². The Morgan fingerprint density at radius 1 is 0.952 bits per heavy atom. The highest BCUT2D eigenvalue weighted by molar-refractivity contribution is 5.84. The SMILES string of the molecule is CCn1cc(COc2ccc(C)cc2)c2cc(C)ccc21. The molecule has 21 heavy (non-hydrogen) atoms. The zero-order valence-electron chi connectivity index (χ0n) is 12.9. The highest BCUT2D eigenvalue weighted by Gasteiger charge is 2.08. The van der Waals surface area contributed by atoms with Crippen molar-refractivity contribution in [1.29, 1.82) is 0 Å². The average Bonchev–Trinajstić information content (AvgIpc) is 2.84. The van der Waals surface area contributed by atoms with Crippen LogP contribution in [0, 0.1) is 13.8 Å². The first-order valence-electron chi connectivity index (χ1n) is 7.45. The molecule has 3 aromatic rings. The zero-order valence-corrected chi connectivity index (χ0v) is 12.9. The first-order chi connectivity index (χ1) is 10.2. The van der Waals surface area contributed by atoms with E-state index in [9.17, 15) is 0 Å². The molecule has 0 radical (unpaired) electrons. The Labute approximate surface area is 126 Å². The minimum Gasteiger partial charge on any atom is -0.489 e. The molecule has 2 nitrogen and oxygen atoms in total. The normalized spacial score (nSPS) is 11.0. The fourth-order valence-electron chi connectivity index (χ4n) is 2.66. The van der Waals surface area contributed by atoms with Crippen LogP contribution >= 0.6 is 0 Å². The predicted molar refractivity (Wildman–Crippen MR) is 87.9 cm³/mol. The van der Waals surface area contributed by atoms with Gasteiger partial charge in [0.05, 0.1) is 0 Å². The Balaban J connectivity index is 1.89. The summed E-state index contributed by atoms with van der Waals surface area (Å²) in [7, 11) is 0. The summed E-state index contributed by atoms with van der Waals surface area (Å²) in [5.74, 6) is 0.922. The van der Waals surface area contributed by atoms with Crippen LogP contribution in [0.5, 0.6) is 5.75 Å². The van der Waals surface area contributed by atoms with E-state index in [0.717, 1.165) is 12.3 Å². The maximum Gasteiger partial charge on any atom is 0.119 e. The van der Waals surface area contributed by atoms with Gasteiger partial charge in [0.15, 0.2) is 0 Å². The Morgan fingerprint density at radius 3 is 2.38 bits per heavy atom. The number of aryl methyl sites for hydroxylation is 3. The van der Waals surface area contributed by atoms with Crippen LogP contribution in [0.3, 0.4) is 0 Å². The predicted octanol–water partition coefficient (Wildman–Crippen LogP) is 4.86. The number of hydrogen-bond donors (Lipinski definition) is 0. The van der Waals surface area contributed by atoms with Crippen molar-refractivity contribution in [2.45, 2.75) is 33.9 Å². The molecule has 0 saturated heterocycles. The van der Waals surface area contributed by atoms with Gasteiger partial charge < -0.3 is 9.30 Å². The Kier molecular flexibility index (Phi) is 3.70. The lowest BCUT2D eigenvalue weighted by atomic mass is 10.1. The largest absolute Gasteiger partial charge is 0.489 e. The van der Waals surface area contributed by atoms with Gasteiger partial charge in [-0.25, -0.2) is 0 Å². The number of fused-ring (bicyclic) bond motifs is 1. The summed E-state index contributed by atoms with van der Waals surface area (Å²) in [6.07, 6.45) is 2.21. The molecular weight excluding hydrogens is 258 g/mol. The minimum atomic E-state index is 0.607. The third-order valence-electron chi connectivity index (χ3n) is 3.88. The molecule has 0 amide bonds. The number of aromatic nitrogens is 1. The molecular formula is C19H21NO. The van der Waals surface area contributed by atoms with Crippen LogP contribution in [-0.2, 0) is 13.2 Å². The Morgan fingerprint density at radius 2 is 1.67 bits per heavy atom. The fraction of sp³-hybridized carbons (Fsp3) is 0.263. The van der Waals surface area contributed by atoms with Crippen molar-refractivity contribution in [1.82, 2.24) is 4.57 Å². The molecule has 0 fully saturated rings. The standard InChI is InChI=1S/C19H21NO/c1-4-20-12-16(18-11-15(3)7-10-19(18)20)13-21-17-8-5-14(2)6-9-17/h5-12H,4,13H2,1-3H3. The molecule has 0 aliphatic heterocycles. The summed E-state index contributed by atoms with van der Waals surface area (Å²) in [5, 5.41) is 1.30. The molecule has 1 aromatic heterocycles. The summed E-state index contributed by atoms with van der Waals surface area (Å²) >= 11 is 0. The summed E-state index contributed by atoms with van der Waals surface area (Å²) in [5.41, 5.74) is 5.07. The summed E-state index contributed by atoms with van der Waals surface area (Å²) in [4.78, 5) is 0. The topological polar surface area (TPSA) is 14.2 Å². The third-order valence-corrected chi connectivity index (χ3v) is 3.88. The first-order valence-corrected chi connectivity index (χ1v) is 7.45. The van der Waals surface area contributed by atoms with Crippen LogP contribution in [0.25, 0.3) is 10.9 Å². The van der Waals surface area contributed by atoms with Crippen LogP contribution in [-0.4, -0.2) is 4.57 Å². The van der Waals surface area contributed by atoms with Gasteiger partial charge in [-0.15, -0.1) is 0 Å². The van der Waals surface area contributed by atoms with E-state index in [1.54, 1.807) is 0 Å². The summed E-state index contributed by atoms with van der Waals surface area (Å²) < 4.78 is 8.22. The lowest BCUT2D eigenvalue weighted by molar-refractivity contribution is 0.307. The smallest absolute Gasteiger partial charge is 0.119 e. The van der Waals surface area contributed by atoms with E-state index < -0.39 is 0 Å². The van der Waals surface area contributed by atoms with Gasteiger partial charge in [0.1, 0.15) is 12.4 Å². The molecule has 108 valence electrons. The summed E-state index contributed by atoms with van der Waals surface area (Å²) in [6.45, 7) is 7.97. The Bertz CT molecular complexity index is 753. The molecule has 0 saturated carbocycles. The zero-order chi connectivity index (χ0) is 14.8. The highest BCUT2D eigenvalue weighted by Crippen LogP contribution is 2.24. The second-order valence-corrected chi connectivity index (χ2v) is 5.56. The number of rotatable bonds is 4. The quantitative estimate of drug-likeness (QED) is 0.665. The second-order valence-electron chi connectivity index (χ2n) is 5.56. The third kappa shape index (κ3) is 2.80. The fourth-order valence-corrected chi connectivity index (χ4v) is 2.66. The van der Waals surface area contributed by atoms with Crippen molar-refractivity contribution in [3.63, 3.8) is 0 Å². The van der Waals surface area contributed by atoms with Crippen molar-refractivity contribution in [3.8, 4) is 5.75 Å². The summed E-state index contributed by atoms with van der Waals surface area (Å²) in [6, 6.07) is 14.8. The molecule has 0 spiro atoms. The van der Waals surface area contributed by atoms with Gasteiger partial charge in [0.25, 0.3) is 0 Å². The maximum absolute atomic E-state index is 5.94. The lowest BCUT2D eigenvalue weighted by Crippen LogP contribution is -1.95. The van der Waals surface area contributed by atoms with Crippen molar-refractivity contribution in [3.05, 3.63) is 65.4 Å². The number of hydrogen-bond acceptors (Lipinski definition) is 1. The lowest BCUT2D eigenvalue weighted by Gasteiger charge is -2.05.